The summed E-state index contributed by atoms with van der Waals surface area (Å²) >= 11 is 0. The number of halogens is 1. The lowest BCUT2D eigenvalue weighted by atomic mass is 9.99. The average Bonchev–Trinajstić information content (AvgIpc) is 3.23. The van der Waals surface area contributed by atoms with Crippen molar-refractivity contribution in [1.29, 1.82) is 0 Å². The van der Waals surface area contributed by atoms with Crippen LogP contribution in [0.25, 0.3) is 0 Å². The second-order valence-electron chi connectivity index (χ2n) is 9.69. The first-order chi connectivity index (χ1) is 16.4. The first kappa shape index (κ1) is 24.7. The molecule has 2 N–H and O–H groups in total. The van der Waals surface area contributed by atoms with Crippen LogP contribution in [0.4, 0.5) is 10.2 Å². The molecule has 1 aromatic heterocycles. The van der Waals surface area contributed by atoms with Gasteiger partial charge in [-0.1, -0.05) is 13.0 Å². The summed E-state index contributed by atoms with van der Waals surface area (Å²) in [4.78, 5) is 8.57. The highest BCUT2D eigenvalue weighted by Gasteiger charge is 2.36. The van der Waals surface area contributed by atoms with Gasteiger partial charge in [-0.25, -0.2) is 9.37 Å². The summed E-state index contributed by atoms with van der Waals surface area (Å²) in [6.45, 7) is 8.42. The zero-order valence-electron chi connectivity index (χ0n) is 20.3. The standard InChI is InChI=1S/C26H37FN4O3/c1-20-7-10-30(11-8-20)13-14-34-23-5-3-21(15-24(23)33-2)16-28-18-26(32)9-12-31(19-26)25-6-4-22(27)17-29-25/h3-6,15,17,20,28,32H,7-14,16,18-19H2,1-2H3/t26-/m1/s1. The predicted octanol–water partition coefficient (Wildman–Crippen LogP) is 3.07. The molecule has 1 atom stereocenters. The summed E-state index contributed by atoms with van der Waals surface area (Å²) in [5.41, 5.74) is 0.211. The highest BCUT2D eigenvalue weighted by atomic mass is 19.1. The molecule has 3 heterocycles. The maximum atomic E-state index is 13.1. The highest BCUT2D eigenvalue weighted by Crippen LogP contribution is 2.29. The fourth-order valence-electron chi connectivity index (χ4n) is 4.70. The molecular weight excluding hydrogens is 435 g/mol. The number of piperidine rings is 1. The number of hydrogen-bond donors (Lipinski definition) is 2. The Labute approximate surface area is 201 Å². The molecule has 7 nitrogen and oxygen atoms in total. The van der Waals surface area contributed by atoms with Gasteiger partial charge < -0.3 is 24.8 Å². The SMILES string of the molecule is COc1cc(CNC[C@]2(O)CCN(c3ccc(F)cn3)C2)ccc1OCCN1CCC(C)CC1. The lowest BCUT2D eigenvalue weighted by Gasteiger charge is -2.30. The summed E-state index contributed by atoms with van der Waals surface area (Å²) in [5.74, 6) is 2.64. The van der Waals surface area contributed by atoms with Crippen LogP contribution in [-0.4, -0.2) is 73.6 Å². The van der Waals surface area contributed by atoms with E-state index in [2.05, 4.69) is 22.1 Å². The molecule has 0 aliphatic carbocycles. The number of pyridine rings is 1. The number of nitrogens with one attached hydrogen (secondary N) is 1. The number of benzene rings is 1. The van der Waals surface area contributed by atoms with Gasteiger partial charge in [0.2, 0.25) is 0 Å². The summed E-state index contributed by atoms with van der Waals surface area (Å²) in [6, 6.07) is 9.02. The maximum Gasteiger partial charge on any atom is 0.161 e. The Kier molecular flexibility index (Phi) is 8.24. The number of methoxy groups -OCH3 is 1. The van der Waals surface area contributed by atoms with E-state index in [0.29, 0.717) is 45.0 Å². The Bertz CT molecular complexity index is 921. The summed E-state index contributed by atoms with van der Waals surface area (Å²) in [5, 5.41) is 14.3. The number of likely N-dealkylation sites (tertiary alicyclic amines) is 1. The van der Waals surface area contributed by atoms with Crippen molar-refractivity contribution in [3.05, 3.63) is 47.9 Å². The van der Waals surface area contributed by atoms with E-state index in [1.807, 2.05) is 23.1 Å². The van der Waals surface area contributed by atoms with Crippen LogP contribution in [0, 0.1) is 11.7 Å². The monoisotopic (exact) mass is 472 g/mol. The van der Waals surface area contributed by atoms with Gasteiger partial charge in [0.25, 0.3) is 0 Å². The fraction of sp³-hybridized carbons (Fsp3) is 0.577. The van der Waals surface area contributed by atoms with Gasteiger partial charge in [-0.2, -0.15) is 0 Å². The molecule has 0 saturated carbocycles. The lowest BCUT2D eigenvalue weighted by Crippen LogP contribution is -2.43. The van der Waals surface area contributed by atoms with Crippen LogP contribution < -0.4 is 19.7 Å². The fourth-order valence-corrected chi connectivity index (χ4v) is 4.70. The Balaban J connectivity index is 1.23. The second kappa shape index (κ2) is 11.3. The molecule has 0 amide bonds. The van der Waals surface area contributed by atoms with Crippen molar-refractivity contribution < 1.29 is 19.0 Å². The molecule has 1 aromatic carbocycles. The van der Waals surface area contributed by atoms with Crippen molar-refractivity contribution in [2.45, 2.75) is 38.3 Å². The largest absolute Gasteiger partial charge is 0.493 e. The molecule has 2 fully saturated rings. The molecule has 34 heavy (non-hydrogen) atoms. The number of nitrogens with zero attached hydrogens (tertiary/aromatic N) is 3. The van der Waals surface area contributed by atoms with Gasteiger partial charge in [0, 0.05) is 32.7 Å². The van der Waals surface area contributed by atoms with E-state index >= 15 is 0 Å². The Morgan fingerprint density at radius 2 is 2.00 bits per heavy atom. The highest BCUT2D eigenvalue weighted by molar-refractivity contribution is 5.43. The Hall–Kier alpha value is -2.42. The maximum absolute atomic E-state index is 13.1. The van der Waals surface area contributed by atoms with Gasteiger partial charge in [-0.05, 0) is 68.1 Å². The van der Waals surface area contributed by atoms with Crippen molar-refractivity contribution in [3.8, 4) is 11.5 Å². The van der Waals surface area contributed by atoms with Crippen molar-refractivity contribution in [2.75, 3.05) is 57.9 Å². The number of β-amino-alcohol motifs (C(OH)–C–C–N with tert-alkyl or cyclic N) is 1. The number of aromatic nitrogens is 1. The molecular formula is C26H37FN4O3. The predicted molar refractivity (Wildman–Crippen MR) is 131 cm³/mol. The van der Waals surface area contributed by atoms with Gasteiger partial charge in [0.05, 0.1) is 18.9 Å². The summed E-state index contributed by atoms with van der Waals surface area (Å²) in [7, 11) is 1.66. The van der Waals surface area contributed by atoms with Gasteiger partial charge in [0.1, 0.15) is 18.2 Å². The quantitative estimate of drug-likeness (QED) is 0.551. The van der Waals surface area contributed by atoms with Crippen LogP contribution in [0.5, 0.6) is 11.5 Å². The third-order valence-electron chi connectivity index (χ3n) is 6.92. The Morgan fingerprint density at radius 1 is 1.18 bits per heavy atom. The van der Waals surface area contributed by atoms with E-state index in [1.54, 1.807) is 13.2 Å². The molecule has 186 valence electrons. The molecule has 2 aliphatic heterocycles. The summed E-state index contributed by atoms with van der Waals surface area (Å²) < 4.78 is 24.7. The molecule has 0 bridgehead atoms. The van der Waals surface area contributed by atoms with Crippen molar-refractivity contribution in [1.82, 2.24) is 15.2 Å². The topological polar surface area (TPSA) is 70.1 Å². The number of ether oxygens (including phenoxy) is 2. The average molecular weight is 473 g/mol. The zero-order valence-corrected chi connectivity index (χ0v) is 20.3. The van der Waals surface area contributed by atoms with E-state index < -0.39 is 5.60 Å². The molecule has 2 saturated heterocycles. The van der Waals surface area contributed by atoms with Crippen LogP contribution >= 0.6 is 0 Å². The van der Waals surface area contributed by atoms with Crippen LogP contribution in [0.3, 0.4) is 0 Å². The minimum Gasteiger partial charge on any atom is -0.493 e. The molecule has 8 heteroatoms. The van der Waals surface area contributed by atoms with Gasteiger partial charge in [0.15, 0.2) is 11.5 Å². The minimum atomic E-state index is -0.852. The molecule has 4 rings (SSSR count). The molecule has 0 unspecified atom stereocenters. The molecule has 2 aliphatic rings. The summed E-state index contributed by atoms with van der Waals surface area (Å²) in [6.07, 6.45) is 4.37. The smallest absolute Gasteiger partial charge is 0.161 e. The van der Waals surface area contributed by atoms with E-state index in [1.165, 1.54) is 25.1 Å². The Morgan fingerprint density at radius 3 is 2.74 bits per heavy atom. The van der Waals surface area contributed by atoms with E-state index in [9.17, 15) is 9.50 Å². The molecule has 0 radical (unpaired) electrons. The zero-order chi connectivity index (χ0) is 24.0. The van der Waals surface area contributed by atoms with E-state index in [-0.39, 0.29) is 5.82 Å². The van der Waals surface area contributed by atoms with Crippen molar-refractivity contribution in [2.24, 2.45) is 5.92 Å². The minimum absolute atomic E-state index is 0.358. The number of hydrogen-bond acceptors (Lipinski definition) is 7. The van der Waals surface area contributed by atoms with Crippen LogP contribution in [0.2, 0.25) is 0 Å². The molecule has 0 spiro atoms. The van der Waals surface area contributed by atoms with Crippen LogP contribution in [-0.2, 0) is 6.54 Å². The third kappa shape index (κ3) is 6.58. The first-order valence-electron chi connectivity index (χ1n) is 12.3. The number of aliphatic hydroxyl groups is 1. The van der Waals surface area contributed by atoms with Crippen LogP contribution in [0.15, 0.2) is 36.5 Å². The van der Waals surface area contributed by atoms with Gasteiger partial charge in [-0.3, -0.25) is 4.90 Å². The lowest BCUT2D eigenvalue weighted by molar-refractivity contribution is 0.0626. The van der Waals surface area contributed by atoms with E-state index in [0.717, 1.165) is 42.6 Å². The third-order valence-corrected chi connectivity index (χ3v) is 6.92. The van der Waals surface area contributed by atoms with Gasteiger partial charge in [-0.15, -0.1) is 0 Å². The molecule has 2 aromatic rings. The van der Waals surface area contributed by atoms with Crippen LogP contribution in [0.1, 0.15) is 31.7 Å². The van der Waals surface area contributed by atoms with Crippen molar-refractivity contribution >= 4 is 5.82 Å². The van der Waals surface area contributed by atoms with Crippen molar-refractivity contribution in [3.63, 3.8) is 0 Å². The normalized spacial score (nSPS) is 21.7. The first-order valence-corrected chi connectivity index (χ1v) is 12.3. The number of rotatable bonds is 10. The second-order valence-corrected chi connectivity index (χ2v) is 9.69. The number of anilines is 1. The van der Waals surface area contributed by atoms with Gasteiger partial charge >= 0.3 is 0 Å². The van der Waals surface area contributed by atoms with E-state index in [4.69, 9.17) is 9.47 Å².